The number of nitrogens with two attached hydrogens (primary N) is 1. The third-order valence-corrected chi connectivity index (χ3v) is 3.52. The van der Waals surface area contributed by atoms with Crippen LogP contribution in [0.1, 0.15) is 20.3 Å². The third-order valence-electron chi connectivity index (χ3n) is 1.61. The van der Waals surface area contributed by atoms with Crippen molar-refractivity contribution in [1.29, 1.82) is 5.26 Å². The lowest BCUT2D eigenvalue weighted by Gasteiger charge is -2.18. The van der Waals surface area contributed by atoms with Crippen LogP contribution in [0.25, 0.3) is 0 Å². The molecule has 1 aromatic rings. The lowest BCUT2D eigenvalue weighted by molar-refractivity contribution is 0.545. The van der Waals surface area contributed by atoms with Crippen LogP contribution in [-0.2, 0) is 0 Å². The minimum atomic E-state index is -0.753. The van der Waals surface area contributed by atoms with Crippen LogP contribution >= 0.6 is 23.1 Å². The van der Waals surface area contributed by atoms with Crippen molar-refractivity contribution in [3.05, 3.63) is 5.51 Å². The first kappa shape index (κ1) is 11.4. The van der Waals surface area contributed by atoms with Gasteiger partial charge in [-0.2, -0.15) is 5.26 Å². The van der Waals surface area contributed by atoms with Crippen molar-refractivity contribution in [1.82, 2.24) is 10.2 Å². The summed E-state index contributed by atoms with van der Waals surface area (Å²) < 4.78 is 0.922. The molecule has 6 heteroatoms. The van der Waals surface area contributed by atoms with E-state index in [1.165, 1.54) is 11.3 Å². The van der Waals surface area contributed by atoms with Gasteiger partial charge in [-0.3, -0.25) is 0 Å². The first-order chi connectivity index (χ1) is 6.53. The van der Waals surface area contributed by atoms with E-state index in [1.54, 1.807) is 24.2 Å². The van der Waals surface area contributed by atoms with Gasteiger partial charge in [0.2, 0.25) is 0 Å². The number of thioether (sulfide) groups is 1. The Morgan fingerprint density at radius 3 is 3.07 bits per heavy atom. The summed E-state index contributed by atoms with van der Waals surface area (Å²) in [4.78, 5) is 0. The molecule has 0 fully saturated rings. The molecule has 14 heavy (non-hydrogen) atoms. The van der Waals surface area contributed by atoms with E-state index < -0.39 is 5.54 Å². The second-order valence-corrected chi connectivity index (χ2v) is 5.89. The first-order valence-electron chi connectivity index (χ1n) is 4.16. The zero-order valence-corrected chi connectivity index (χ0v) is 9.73. The van der Waals surface area contributed by atoms with E-state index in [9.17, 15) is 0 Å². The Labute approximate surface area is 91.5 Å². The first-order valence-corrected chi connectivity index (χ1v) is 5.92. The van der Waals surface area contributed by atoms with Gasteiger partial charge in [0.1, 0.15) is 11.0 Å². The van der Waals surface area contributed by atoms with E-state index in [0.717, 1.165) is 4.34 Å². The topological polar surface area (TPSA) is 75.6 Å². The van der Waals surface area contributed by atoms with Crippen molar-refractivity contribution < 1.29 is 0 Å². The zero-order chi connectivity index (χ0) is 10.6. The predicted octanol–water partition coefficient (Wildman–Crippen LogP) is 1.65. The molecular weight excluding hydrogens is 216 g/mol. The molecular formula is C8H12N4S2. The summed E-state index contributed by atoms with van der Waals surface area (Å²) in [5.41, 5.74) is 6.68. The Hall–Kier alpha value is -0.640. The summed E-state index contributed by atoms with van der Waals surface area (Å²) in [6.07, 6.45) is 0.647. The van der Waals surface area contributed by atoms with Gasteiger partial charge in [-0.1, -0.05) is 30.0 Å². The van der Waals surface area contributed by atoms with Gasteiger partial charge in [-0.05, 0) is 13.3 Å². The Morgan fingerprint density at radius 2 is 2.57 bits per heavy atom. The maximum absolute atomic E-state index is 8.76. The predicted molar refractivity (Wildman–Crippen MR) is 58.1 cm³/mol. The highest BCUT2D eigenvalue weighted by atomic mass is 32.2. The highest BCUT2D eigenvalue weighted by Crippen LogP contribution is 2.28. The maximum atomic E-state index is 8.76. The lowest BCUT2D eigenvalue weighted by Crippen LogP contribution is -2.36. The Morgan fingerprint density at radius 1 is 1.86 bits per heavy atom. The van der Waals surface area contributed by atoms with Crippen molar-refractivity contribution in [2.24, 2.45) is 5.73 Å². The standard InChI is InChI=1S/C8H12N4S2/c1-6(3-8(2,10)4-9)14-7-12-11-5-13-7/h5-6H,3,10H2,1-2H3. The molecule has 76 valence electrons. The quantitative estimate of drug-likeness (QED) is 0.793. The summed E-state index contributed by atoms with van der Waals surface area (Å²) in [7, 11) is 0. The molecule has 0 radical (unpaired) electrons. The van der Waals surface area contributed by atoms with Crippen LogP contribution in [0.3, 0.4) is 0 Å². The van der Waals surface area contributed by atoms with E-state index in [0.29, 0.717) is 6.42 Å². The van der Waals surface area contributed by atoms with Gasteiger partial charge in [-0.15, -0.1) is 10.2 Å². The SMILES string of the molecule is CC(CC(C)(N)C#N)Sc1nncs1. The molecule has 1 aromatic heterocycles. The zero-order valence-electron chi connectivity index (χ0n) is 8.10. The van der Waals surface area contributed by atoms with Gasteiger partial charge in [-0.25, -0.2) is 0 Å². The molecule has 2 N–H and O–H groups in total. The van der Waals surface area contributed by atoms with Gasteiger partial charge in [0.05, 0.1) is 6.07 Å². The Balaban J connectivity index is 2.45. The van der Waals surface area contributed by atoms with E-state index in [4.69, 9.17) is 11.0 Å². The highest BCUT2D eigenvalue weighted by Gasteiger charge is 2.22. The van der Waals surface area contributed by atoms with Crippen molar-refractivity contribution in [3.63, 3.8) is 0 Å². The van der Waals surface area contributed by atoms with Crippen molar-refractivity contribution >= 4 is 23.1 Å². The monoisotopic (exact) mass is 228 g/mol. The molecule has 0 saturated heterocycles. The van der Waals surface area contributed by atoms with Crippen LogP contribution in [0.4, 0.5) is 0 Å². The molecule has 1 rings (SSSR count). The van der Waals surface area contributed by atoms with Crippen LogP contribution in [0.5, 0.6) is 0 Å². The van der Waals surface area contributed by atoms with Crippen molar-refractivity contribution in [2.45, 2.75) is 35.4 Å². The molecule has 0 spiro atoms. The molecule has 0 saturated carbocycles. The number of hydrogen-bond donors (Lipinski definition) is 1. The maximum Gasteiger partial charge on any atom is 0.174 e. The number of nitrogens with zero attached hydrogens (tertiary/aromatic N) is 3. The molecule has 4 nitrogen and oxygen atoms in total. The Bertz CT molecular complexity index is 315. The Kier molecular flexibility index (Phi) is 3.86. The fraction of sp³-hybridized carbons (Fsp3) is 0.625. The highest BCUT2D eigenvalue weighted by molar-refractivity contribution is 8.01. The number of nitriles is 1. The van der Waals surface area contributed by atoms with Crippen molar-refractivity contribution in [3.8, 4) is 6.07 Å². The van der Waals surface area contributed by atoms with Crippen LogP contribution in [-0.4, -0.2) is 21.0 Å². The van der Waals surface area contributed by atoms with Gasteiger partial charge >= 0.3 is 0 Å². The van der Waals surface area contributed by atoms with E-state index >= 15 is 0 Å². The molecule has 0 aliphatic carbocycles. The number of hydrogen-bond acceptors (Lipinski definition) is 6. The van der Waals surface area contributed by atoms with Crippen molar-refractivity contribution in [2.75, 3.05) is 0 Å². The second-order valence-electron chi connectivity index (χ2n) is 3.37. The molecule has 1 heterocycles. The van der Waals surface area contributed by atoms with Crippen LogP contribution in [0, 0.1) is 11.3 Å². The minimum Gasteiger partial charge on any atom is -0.314 e. The summed E-state index contributed by atoms with van der Waals surface area (Å²) >= 11 is 3.11. The third kappa shape index (κ3) is 3.62. The largest absolute Gasteiger partial charge is 0.314 e. The van der Waals surface area contributed by atoms with Crippen LogP contribution in [0.15, 0.2) is 9.85 Å². The van der Waals surface area contributed by atoms with Gasteiger partial charge in [0.15, 0.2) is 4.34 Å². The van der Waals surface area contributed by atoms with E-state index in [-0.39, 0.29) is 5.25 Å². The van der Waals surface area contributed by atoms with Gasteiger partial charge in [0.25, 0.3) is 0 Å². The second kappa shape index (κ2) is 4.73. The normalized spacial score (nSPS) is 17.0. The lowest BCUT2D eigenvalue weighted by atomic mass is 10.00. The summed E-state index contributed by atoms with van der Waals surface area (Å²) in [6, 6.07) is 2.08. The summed E-state index contributed by atoms with van der Waals surface area (Å²) in [6.45, 7) is 3.78. The minimum absolute atomic E-state index is 0.276. The number of aromatic nitrogens is 2. The summed E-state index contributed by atoms with van der Waals surface area (Å²) in [5, 5.41) is 16.7. The van der Waals surface area contributed by atoms with Crippen LogP contribution in [0.2, 0.25) is 0 Å². The molecule has 0 aromatic carbocycles. The van der Waals surface area contributed by atoms with E-state index in [1.807, 2.05) is 6.92 Å². The van der Waals surface area contributed by atoms with Gasteiger partial charge in [0, 0.05) is 5.25 Å². The summed E-state index contributed by atoms with van der Waals surface area (Å²) in [5.74, 6) is 0. The van der Waals surface area contributed by atoms with Gasteiger partial charge < -0.3 is 5.73 Å². The molecule has 2 atom stereocenters. The van der Waals surface area contributed by atoms with E-state index in [2.05, 4.69) is 16.3 Å². The molecule has 0 aliphatic rings. The molecule has 2 unspecified atom stereocenters. The average Bonchev–Trinajstić information content (AvgIpc) is 2.55. The molecule has 0 bridgehead atoms. The smallest absolute Gasteiger partial charge is 0.174 e. The average molecular weight is 228 g/mol. The molecule has 0 aliphatic heterocycles. The molecule has 0 amide bonds. The fourth-order valence-corrected chi connectivity index (χ4v) is 3.06. The fourth-order valence-electron chi connectivity index (χ4n) is 1.07. The van der Waals surface area contributed by atoms with Crippen LogP contribution < -0.4 is 5.73 Å². The number of rotatable bonds is 4.